The Morgan fingerprint density at radius 3 is 2.73 bits per heavy atom. The molecule has 1 aromatic heterocycles. The van der Waals surface area contributed by atoms with E-state index in [1.807, 2.05) is 54.4 Å². The number of amides is 1. The lowest BCUT2D eigenvalue weighted by Gasteiger charge is -2.24. The van der Waals surface area contributed by atoms with Gasteiger partial charge in [0.1, 0.15) is 0 Å². The van der Waals surface area contributed by atoms with E-state index in [4.69, 9.17) is 0 Å². The van der Waals surface area contributed by atoms with Crippen LogP contribution in [0.3, 0.4) is 0 Å². The number of fused-ring (bicyclic) bond motifs is 1. The summed E-state index contributed by atoms with van der Waals surface area (Å²) in [5.74, 6) is 0.778. The molecule has 1 aliphatic heterocycles. The summed E-state index contributed by atoms with van der Waals surface area (Å²) in [7, 11) is 5.73. The second-order valence-corrected chi connectivity index (χ2v) is 6.29. The van der Waals surface area contributed by atoms with E-state index in [2.05, 4.69) is 27.0 Å². The van der Waals surface area contributed by atoms with E-state index in [1.165, 1.54) is 11.3 Å². The van der Waals surface area contributed by atoms with Crippen LogP contribution in [-0.4, -0.2) is 48.5 Å². The summed E-state index contributed by atoms with van der Waals surface area (Å²) < 4.78 is 2.08. The average Bonchev–Trinajstić information content (AvgIpc) is 3.22. The van der Waals surface area contributed by atoms with Crippen molar-refractivity contribution >= 4 is 41.5 Å². The second kappa shape index (κ2) is 9.07. The molecule has 6 nitrogen and oxygen atoms in total. The smallest absolute Gasteiger partial charge is 0.246 e. The molecule has 0 saturated heterocycles. The summed E-state index contributed by atoms with van der Waals surface area (Å²) in [6.45, 7) is 1.71. The molecule has 2 aromatic rings. The first-order valence-corrected chi connectivity index (χ1v) is 8.50. The highest BCUT2D eigenvalue weighted by Crippen LogP contribution is 2.27. The lowest BCUT2D eigenvalue weighted by molar-refractivity contribution is -0.117. The van der Waals surface area contributed by atoms with Gasteiger partial charge in [0.05, 0.1) is 13.1 Å². The summed E-state index contributed by atoms with van der Waals surface area (Å²) in [6, 6.07) is 12.2. The number of aliphatic imine (C=N–C) groups is 1. The van der Waals surface area contributed by atoms with Crippen molar-refractivity contribution in [1.82, 2.24) is 14.8 Å². The lowest BCUT2D eigenvalue weighted by Crippen LogP contribution is -2.45. The largest absolute Gasteiger partial charge is 0.353 e. The molecule has 3 rings (SSSR count). The van der Waals surface area contributed by atoms with Crippen LogP contribution in [0.2, 0.25) is 0 Å². The highest BCUT2D eigenvalue weighted by atomic mass is 127. The highest BCUT2D eigenvalue weighted by Gasteiger charge is 2.24. The van der Waals surface area contributed by atoms with Gasteiger partial charge in [0.15, 0.2) is 5.96 Å². The fourth-order valence-electron chi connectivity index (χ4n) is 3.21. The van der Waals surface area contributed by atoms with Crippen molar-refractivity contribution in [2.75, 3.05) is 32.1 Å². The third-order valence-electron chi connectivity index (χ3n) is 4.61. The molecular formula is C19H26IN5O. The molecule has 0 unspecified atom stereocenters. The molecule has 26 heavy (non-hydrogen) atoms. The minimum Gasteiger partial charge on any atom is -0.353 e. The SMILES string of the molecule is CN=C(NCC(=O)N1CCc2ccccc21)N(C)Cc1cccn1C.I. The fourth-order valence-corrected chi connectivity index (χ4v) is 3.21. The summed E-state index contributed by atoms with van der Waals surface area (Å²) in [5.41, 5.74) is 3.45. The molecule has 0 bridgehead atoms. The lowest BCUT2D eigenvalue weighted by atomic mass is 10.2. The van der Waals surface area contributed by atoms with E-state index in [0.717, 1.165) is 25.2 Å². The number of guanidine groups is 1. The molecule has 7 heteroatoms. The molecular weight excluding hydrogens is 441 g/mol. The van der Waals surface area contributed by atoms with Crippen molar-refractivity contribution < 1.29 is 4.79 Å². The molecule has 1 amide bonds. The number of rotatable bonds is 4. The van der Waals surface area contributed by atoms with Crippen LogP contribution in [0.25, 0.3) is 0 Å². The maximum absolute atomic E-state index is 12.6. The van der Waals surface area contributed by atoms with Gasteiger partial charge in [-0.15, -0.1) is 24.0 Å². The molecule has 0 spiro atoms. The van der Waals surface area contributed by atoms with Gasteiger partial charge in [-0.05, 0) is 30.2 Å². The Morgan fingerprint density at radius 1 is 1.27 bits per heavy atom. The first-order chi connectivity index (χ1) is 12.1. The molecule has 0 fully saturated rings. The predicted molar refractivity (Wildman–Crippen MR) is 116 cm³/mol. The van der Waals surface area contributed by atoms with E-state index < -0.39 is 0 Å². The molecule has 1 aromatic carbocycles. The van der Waals surface area contributed by atoms with Crippen molar-refractivity contribution in [3.63, 3.8) is 0 Å². The van der Waals surface area contributed by atoms with E-state index in [9.17, 15) is 4.79 Å². The van der Waals surface area contributed by atoms with Crippen molar-refractivity contribution in [2.45, 2.75) is 13.0 Å². The van der Waals surface area contributed by atoms with Gasteiger partial charge in [-0.25, -0.2) is 0 Å². The average molecular weight is 467 g/mol. The van der Waals surface area contributed by atoms with Gasteiger partial charge < -0.3 is 19.7 Å². The number of aryl methyl sites for hydroxylation is 1. The zero-order chi connectivity index (χ0) is 17.8. The quantitative estimate of drug-likeness (QED) is 0.427. The number of nitrogens with zero attached hydrogens (tertiary/aromatic N) is 4. The number of anilines is 1. The van der Waals surface area contributed by atoms with E-state index in [0.29, 0.717) is 5.96 Å². The van der Waals surface area contributed by atoms with E-state index in [1.54, 1.807) is 7.05 Å². The minimum atomic E-state index is 0. The normalized spacial score (nSPS) is 13.2. The molecule has 2 heterocycles. The second-order valence-electron chi connectivity index (χ2n) is 6.29. The third kappa shape index (κ3) is 4.38. The van der Waals surface area contributed by atoms with Crippen molar-refractivity contribution in [1.29, 1.82) is 0 Å². The van der Waals surface area contributed by atoms with E-state index in [-0.39, 0.29) is 36.4 Å². The number of halogens is 1. The molecule has 1 N–H and O–H groups in total. The standard InChI is InChI=1S/C19H25N5O.HI/c1-20-19(23(3)14-16-8-6-11-22(16)2)21-13-18(25)24-12-10-15-7-4-5-9-17(15)24;/h4-9,11H,10,12-14H2,1-3H3,(H,20,21);1H. The topological polar surface area (TPSA) is 52.9 Å². The van der Waals surface area contributed by atoms with Gasteiger partial charge in [-0.1, -0.05) is 18.2 Å². The van der Waals surface area contributed by atoms with Crippen LogP contribution in [0.5, 0.6) is 0 Å². The molecule has 0 atom stereocenters. The molecule has 0 aliphatic carbocycles. The highest BCUT2D eigenvalue weighted by molar-refractivity contribution is 14.0. The zero-order valence-electron chi connectivity index (χ0n) is 15.5. The Bertz CT molecular complexity index is 786. The van der Waals surface area contributed by atoms with Gasteiger partial charge in [0.2, 0.25) is 5.91 Å². The Morgan fingerprint density at radius 2 is 2.04 bits per heavy atom. The number of para-hydroxylation sites is 1. The molecule has 1 aliphatic rings. The Hall–Kier alpha value is -2.03. The molecule has 0 saturated carbocycles. The van der Waals surface area contributed by atoms with Crippen molar-refractivity contribution in [2.24, 2.45) is 12.0 Å². The number of aromatic nitrogens is 1. The number of hydrogen-bond donors (Lipinski definition) is 1. The first kappa shape index (κ1) is 20.3. The van der Waals surface area contributed by atoms with Crippen LogP contribution in [0.1, 0.15) is 11.3 Å². The number of nitrogens with one attached hydrogen (secondary N) is 1. The maximum Gasteiger partial charge on any atom is 0.246 e. The molecule has 140 valence electrons. The van der Waals surface area contributed by atoms with Gasteiger partial charge in [0.25, 0.3) is 0 Å². The zero-order valence-corrected chi connectivity index (χ0v) is 17.8. The molecule has 0 radical (unpaired) electrons. The van der Waals surface area contributed by atoms with Crippen LogP contribution < -0.4 is 10.2 Å². The Labute approximate surface area is 171 Å². The third-order valence-corrected chi connectivity index (χ3v) is 4.61. The van der Waals surface area contributed by atoms with Gasteiger partial charge >= 0.3 is 0 Å². The van der Waals surface area contributed by atoms with Gasteiger partial charge in [0, 0.05) is 45.3 Å². The summed E-state index contributed by atoms with van der Waals surface area (Å²) in [4.78, 5) is 20.8. The van der Waals surface area contributed by atoms with Crippen LogP contribution in [-0.2, 0) is 24.8 Å². The van der Waals surface area contributed by atoms with Crippen LogP contribution in [0.15, 0.2) is 47.6 Å². The van der Waals surface area contributed by atoms with Crippen LogP contribution in [0.4, 0.5) is 5.69 Å². The van der Waals surface area contributed by atoms with Crippen LogP contribution in [0, 0.1) is 0 Å². The van der Waals surface area contributed by atoms with Crippen molar-refractivity contribution in [3.8, 4) is 0 Å². The maximum atomic E-state index is 12.6. The van der Waals surface area contributed by atoms with Gasteiger partial charge in [-0.3, -0.25) is 9.79 Å². The summed E-state index contributed by atoms with van der Waals surface area (Å²) in [6.07, 6.45) is 2.94. The first-order valence-electron chi connectivity index (χ1n) is 8.50. The van der Waals surface area contributed by atoms with Crippen molar-refractivity contribution in [3.05, 3.63) is 53.9 Å². The summed E-state index contributed by atoms with van der Waals surface area (Å²) >= 11 is 0. The minimum absolute atomic E-state index is 0. The Balaban J connectivity index is 0.00000243. The van der Waals surface area contributed by atoms with E-state index >= 15 is 0 Å². The van der Waals surface area contributed by atoms with Gasteiger partial charge in [-0.2, -0.15) is 0 Å². The number of carbonyl (C=O) groups excluding carboxylic acids is 1. The summed E-state index contributed by atoms with van der Waals surface area (Å²) in [5, 5.41) is 3.18. The number of benzene rings is 1. The predicted octanol–water partition coefficient (Wildman–Crippen LogP) is 2.24. The van der Waals surface area contributed by atoms with Crippen LogP contribution >= 0.6 is 24.0 Å². The Kier molecular flexibility index (Phi) is 7.07. The fraction of sp³-hybridized carbons (Fsp3) is 0.368. The monoisotopic (exact) mass is 467 g/mol. The number of carbonyl (C=O) groups is 1. The number of hydrogen-bond acceptors (Lipinski definition) is 2.